The number of hydrogen-bond acceptors (Lipinski definition) is 1. The number of nitrogens with two attached hydrogens (primary N) is 1. The summed E-state index contributed by atoms with van der Waals surface area (Å²) in [7, 11) is 0. The van der Waals surface area contributed by atoms with Gasteiger partial charge in [-0.2, -0.15) is 13.2 Å². The van der Waals surface area contributed by atoms with Gasteiger partial charge in [0.15, 0.2) is 0 Å². The number of halogens is 7. The molecule has 0 fully saturated rings. The third kappa shape index (κ3) is 2.85. The van der Waals surface area contributed by atoms with Crippen molar-refractivity contribution >= 4 is 40.5 Å². The normalized spacial score (nSPS) is 14.7. The Morgan fingerprint density at radius 2 is 1.23 bits per heavy atom. The highest BCUT2D eigenvalue weighted by atomic mass is 35.5. The van der Waals surface area contributed by atoms with Gasteiger partial charge < -0.3 is 5.73 Å². The second kappa shape index (κ2) is 5.80. The molecule has 0 aromatic heterocycles. The van der Waals surface area contributed by atoms with E-state index >= 15 is 4.39 Å². The van der Waals surface area contributed by atoms with Gasteiger partial charge in [0.05, 0.1) is 15.7 Å². The van der Waals surface area contributed by atoms with Gasteiger partial charge in [-0.05, 0) is 24.3 Å². The van der Waals surface area contributed by atoms with Crippen molar-refractivity contribution in [3.05, 3.63) is 62.6 Å². The predicted molar refractivity (Wildman–Crippen MR) is 80.3 cm³/mol. The minimum atomic E-state index is -5.23. The molecule has 1 nitrogen and oxygen atoms in total. The first-order valence-electron chi connectivity index (χ1n) is 5.84. The van der Waals surface area contributed by atoms with E-state index in [1.807, 2.05) is 0 Å². The molecule has 0 spiro atoms. The zero-order valence-electron chi connectivity index (χ0n) is 10.7. The molecule has 0 amide bonds. The molecule has 22 heavy (non-hydrogen) atoms. The summed E-state index contributed by atoms with van der Waals surface area (Å²) in [6, 6.07) is 5.85. The smallest absolute Gasteiger partial charge is 0.396 e. The molecule has 2 aromatic rings. The Labute approximate surface area is 138 Å². The third-order valence-corrected chi connectivity index (χ3v) is 3.99. The maximum atomic E-state index is 15.1. The van der Waals surface area contributed by atoms with Gasteiger partial charge in [-0.25, -0.2) is 4.39 Å². The Hall–Kier alpha value is -1.17. The highest BCUT2D eigenvalue weighted by Crippen LogP contribution is 2.49. The fourth-order valence-electron chi connectivity index (χ4n) is 1.96. The lowest BCUT2D eigenvalue weighted by Crippen LogP contribution is -2.39. The number of nitrogen functional groups attached to an aromatic ring is 1. The summed E-state index contributed by atoms with van der Waals surface area (Å²) in [5, 5.41) is -0.341. The first-order valence-corrected chi connectivity index (χ1v) is 6.97. The van der Waals surface area contributed by atoms with Crippen LogP contribution in [0.15, 0.2) is 36.4 Å². The van der Waals surface area contributed by atoms with Crippen LogP contribution < -0.4 is 5.73 Å². The van der Waals surface area contributed by atoms with Gasteiger partial charge in [0.25, 0.3) is 5.67 Å². The van der Waals surface area contributed by atoms with Gasteiger partial charge in [0.1, 0.15) is 0 Å². The second-order valence-corrected chi connectivity index (χ2v) is 5.77. The average Bonchev–Trinajstić information content (AvgIpc) is 2.43. The molecule has 0 bridgehead atoms. The molecule has 2 aromatic carbocycles. The highest BCUT2D eigenvalue weighted by Gasteiger charge is 2.58. The summed E-state index contributed by atoms with van der Waals surface area (Å²) in [5.41, 5.74) is 0.170. The number of hydrogen-bond donors (Lipinski definition) is 1. The first kappa shape index (κ1) is 17.2. The molecule has 0 saturated heterocycles. The zero-order chi connectivity index (χ0) is 16.7. The lowest BCUT2D eigenvalue weighted by Gasteiger charge is -2.29. The van der Waals surface area contributed by atoms with Crippen LogP contribution in [-0.2, 0) is 5.67 Å². The van der Waals surface area contributed by atoms with E-state index in [-0.39, 0.29) is 20.8 Å². The molecule has 0 heterocycles. The summed E-state index contributed by atoms with van der Waals surface area (Å²) < 4.78 is 55.3. The molecule has 2 rings (SSSR count). The number of alkyl halides is 4. The van der Waals surface area contributed by atoms with Gasteiger partial charge in [0, 0.05) is 16.1 Å². The van der Waals surface area contributed by atoms with Crippen LogP contribution in [0.4, 0.5) is 23.2 Å². The average molecular weight is 373 g/mol. The molecule has 2 N–H and O–H groups in total. The summed E-state index contributed by atoms with van der Waals surface area (Å²) in [6.45, 7) is 0. The Balaban J connectivity index is 2.73. The van der Waals surface area contributed by atoms with E-state index in [2.05, 4.69) is 0 Å². The van der Waals surface area contributed by atoms with E-state index in [1.165, 1.54) is 0 Å². The molecule has 0 aliphatic carbocycles. The van der Waals surface area contributed by atoms with E-state index in [0.29, 0.717) is 0 Å². The van der Waals surface area contributed by atoms with Crippen LogP contribution in [0.25, 0.3) is 0 Å². The maximum absolute atomic E-state index is 15.1. The highest BCUT2D eigenvalue weighted by molar-refractivity contribution is 6.39. The fourth-order valence-corrected chi connectivity index (χ4v) is 2.57. The van der Waals surface area contributed by atoms with Crippen molar-refractivity contribution in [3.63, 3.8) is 0 Å². The minimum absolute atomic E-state index is 0.118. The maximum Gasteiger partial charge on any atom is 0.431 e. The van der Waals surface area contributed by atoms with E-state index in [9.17, 15) is 13.2 Å². The van der Waals surface area contributed by atoms with Gasteiger partial charge in [-0.3, -0.25) is 0 Å². The molecule has 0 saturated carbocycles. The van der Waals surface area contributed by atoms with Crippen LogP contribution in [0.1, 0.15) is 11.1 Å². The molecule has 0 aliphatic heterocycles. The molecule has 118 valence electrons. The van der Waals surface area contributed by atoms with Crippen molar-refractivity contribution in [2.24, 2.45) is 0 Å². The van der Waals surface area contributed by atoms with E-state index in [0.717, 1.165) is 36.4 Å². The van der Waals surface area contributed by atoms with Crippen LogP contribution in [0, 0.1) is 0 Å². The zero-order valence-corrected chi connectivity index (χ0v) is 13.0. The second-order valence-electron chi connectivity index (χ2n) is 4.52. The van der Waals surface area contributed by atoms with E-state index in [4.69, 9.17) is 40.5 Å². The lowest BCUT2D eigenvalue weighted by atomic mass is 9.87. The first-order chi connectivity index (χ1) is 10.1. The van der Waals surface area contributed by atoms with Gasteiger partial charge >= 0.3 is 6.18 Å². The molecule has 0 radical (unpaired) electrons. The van der Waals surface area contributed by atoms with Crippen molar-refractivity contribution in [1.29, 1.82) is 0 Å². The number of anilines is 1. The Morgan fingerprint density at radius 3 is 1.64 bits per heavy atom. The predicted octanol–water partition coefficient (Wildman–Crippen LogP) is 6.00. The Kier molecular flexibility index (Phi) is 4.53. The Bertz CT molecular complexity index is 677. The monoisotopic (exact) mass is 371 g/mol. The van der Waals surface area contributed by atoms with Crippen LogP contribution in [0.3, 0.4) is 0 Å². The topological polar surface area (TPSA) is 26.0 Å². The molecule has 1 unspecified atom stereocenters. The lowest BCUT2D eigenvalue weighted by molar-refractivity contribution is -0.219. The van der Waals surface area contributed by atoms with E-state index < -0.39 is 23.0 Å². The summed E-state index contributed by atoms with van der Waals surface area (Å²) in [4.78, 5) is 0. The molecule has 1 atom stereocenters. The van der Waals surface area contributed by atoms with Crippen LogP contribution in [-0.4, -0.2) is 6.18 Å². The van der Waals surface area contributed by atoms with Crippen molar-refractivity contribution < 1.29 is 17.6 Å². The molecule has 8 heteroatoms. The largest absolute Gasteiger partial charge is 0.431 e. The molecular weight excluding hydrogens is 365 g/mol. The van der Waals surface area contributed by atoms with Gasteiger partial charge in [-0.1, -0.05) is 46.9 Å². The standard InChI is InChI=1S/C14H8Cl3F4N/c15-9-3-1-7(2-4-9)13(18,14(19,20)21)8-5-10(16)12(22)11(17)6-8/h1-6H,22H2. The summed E-state index contributed by atoms with van der Waals surface area (Å²) in [5.74, 6) is 0. The van der Waals surface area contributed by atoms with Crippen molar-refractivity contribution in [2.45, 2.75) is 11.8 Å². The molecule has 0 aliphatic rings. The molecular formula is C14H8Cl3F4N. The van der Waals surface area contributed by atoms with Crippen LogP contribution >= 0.6 is 34.8 Å². The van der Waals surface area contributed by atoms with Crippen LogP contribution in [0.2, 0.25) is 15.1 Å². The summed E-state index contributed by atoms with van der Waals surface area (Å²) >= 11 is 17.1. The van der Waals surface area contributed by atoms with Gasteiger partial charge in [-0.15, -0.1) is 0 Å². The summed E-state index contributed by atoms with van der Waals surface area (Å²) in [6.07, 6.45) is -5.23. The van der Waals surface area contributed by atoms with Gasteiger partial charge in [0.2, 0.25) is 0 Å². The third-order valence-electron chi connectivity index (χ3n) is 3.11. The number of rotatable bonds is 2. The SMILES string of the molecule is Nc1c(Cl)cc(C(F)(c2ccc(Cl)cc2)C(F)(F)F)cc1Cl. The fraction of sp³-hybridized carbons (Fsp3) is 0.143. The van der Waals surface area contributed by atoms with E-state index in [1.54, 1.807) is 0 Å². The number of benzene rings is 2. The quantitative estimate of drug-likeness (QED) is 0.507. The van der Waals surface area contributed by atoms with Crippen molar-refractivity contribution in [3.8, 4) is 0 Å². The Morgan fingerprint density at radius 1 is 0.773 bits per heavy atom. The van der Waals surface area contributed by atoms with Crippen molar-refractivity contribution in [2.75, 3.05) is 5.73 Å². The van der Waals surface area contributed by atoms with Crippen molar-refractivity contribution in [1.82, 2.24) is 0 Å². The minimum Gasteiger partial charge on any atom is -0.396 e. The van der Waals surface area contributed by atoms with Crippen LogP contribution in [0.5, 0.6) is 0 Å².